The standard InChI is InChI=1S/C16H13FN2O2/c1-2-16-18-7-8-19(16)14-5-3-11(9-13(14)17)15-6-4-12(10-20)21-15/h3-10H,2H2,1H3. The molecular weight excluding hydrogens is 271 g/mol. The lowest BCUT2D eigenvalue weighted by atomic mass is 10.1. The molecule has 0 N–H and O–H groups in total. The van der Waals surface area contributed by atoms with E-state index >= 15 is 0 Å². The first-order chi connectivity index (χ1) is 10.2. The van der Waals surface area contributed by atoms with Crippen LogP contribution in [-0.4, -0.2) is 15.8 Å². The molecule has 4 nitrogen and oxygen atoms in total. The van der Waals surface area contributed by atoms with Crippen LogP contribution >= 0.6 is 0 Å². The summed E-state index contributed by atoms with van der Waals surface area (Å²) in [5, 5.41) is 0. The molecule has 0 aliphatic rings. The highest BCUT2D eigenvalue weighted by molar-refractivity contribution is 5.73. The molecule has 0 amide bonds. The van der Waals surface area contributed by atoms with Gasteiger partial charge in [0.15, 0.2) is 12.0 Å². The number of aryl methyl sites for hydroxylation is 1. The van der Waals surface area contributed by atoms with Gasteiger partial charge in [-0.2, -0.15) is 0 Å². The molecule has 106 valence electrons. The number of nitrogens with zero attached hydrogens (tertiary/aromatic N) is 2. The summed E-state index contributed by atoms with van der Waals surface area (Å²) in [5.74, 6) is 1.11. The van der Waals surface area contributed by atoms with Crippen molar-refractivity contribution in [2.24, 2.45) is 0 Å². The molecule has 0 radical (unpaired) electrons. The van der Waals surface area contributed by atoms with Crippen molar-refractivity contribution in [1.29, 1.82) is 0 Å². The van der Waals surface area contributed by atoms with E-state index in [4.69, 9.17) is 4.42 Å². The second-order valence-electron chi connectivity index (χ2n) is 4.55. The number of hydrogen-bond donors (Lipinski definition) is 0. The van der Waals surface area contributed by atoms with E-state index in [2.05, 4.69) is 4.98 Å². The summed E-state index contributed by atoms with van der Waals surface area (Å²) in [5.41, 5.74) is 1.03. The minimum absolute atomic E-state index is 0.220. The molecule has 0 aliphatic carbocycles. The largest absolute Gasteiger partial charge is 0.453 e. The lowest BCUT2D eigenvalue weighted by Gasteiger charge is -2.08. The summed E-state index contributed by atoms with van der Waals surface area (Å²) in [4.78, 5) is 14.8. The summed E-state index contributed by atoms with van der Waals surface area (Å²) in [7, 11) is 0. The number of hydrogen-bond acceptors (Lipinski definition) is 3. The van der Waals surface area contributed by atoms with E-state index in [0.29, 0.717) is 23.3 Å². The van der Waals surface area contributed by atoms with Gasteiger partial charge in [-0.1, -0.05) is 6.92 Å². The highest BCUT2D eigenvalue weighted by Gasteiger charge is 2.11. The van der Waals surface area contributed by atoms with Gasteiger partial charge in [0.25, 0.3) is 0 Å². The number of aldehydes is 1. The molecule has 2 aromatic heterocycles. The van der Waals surface area contributed by atoms with E-state index < -0.39 is 0 Å². The van der Waals surface area contributed by atoms with Gasteiger partial charge in [0.2, 0.25) is 0 Å². The van der Waals surface area contributed by atoms with Gasteiger partial charge in [-0.15, -0.1) is 0 Å². The van der Waals surface area contributed by atoms with E-state index in [1.54, 1.807) is 41.2 Å². The SMILES string of the molecule is CCc1nccn1-c1ccc(-c2ccc(C=O)o2)cc1F. The van der Waals surface area contributed by atoms with Crippen LogP contribution in [-0.2, 0) is 6.42 Å². The predicted molar refractivity (Wildman–Crippen MR) is 76.0 cm³/mol. The van der Waals surface area contributed by atoms with Gasteiger partial charge < -0.3 is 8.98 Å². The van der Waals surface area contributed by atoms with E-state index in [9.17, 15) is 9.18 Å². The number of rotatable bonds is 4. The first-order valence-corrected chi connectivity index (χ1v) is 6.60. The molecule has 21 heavy (non-hydrogen) atoms. The van der Waals surface area contributed by atoms with Crippen LogP contribution in [0.4, 0.5) is 4.39 Å². The number of furan rings is 1. The molecule has 2 heterocycles. The molecule has 0 saturated carbocycles. The van der Waals surface area contributed by atoms with Crippen LogP contribution in [0.2, 0.25) is 0 Å². The second kappa shape index (κ2) is 5.36. The zero-order valence-corrected chi connectivity index (χ0v) is 11.4. The lowest BCUT2D eigenvalue weighted by molar-refractivity contribution is 0.110. The number of imidazole rings is 1. The van der Waals surface area contributed by atoms with Gasteiger partial charge in [-0.05, 0) is 30.3 Å². The van der Waals surface area contributed by atoms with Gasteiger partial charge in [0, 0.05) is 24.4 Å². The fourth-order valence-corrected chi connectivity index (χ4v) is 2.24. The number of aromatic nitrogens is 2. The molecule has 0 bridgehead atoms. The fraction of sp³-hybridized carbons (Fsp3) is 0.125. The Kier molecular flexibility index (Phi) is 3.39. The minimum Gasteiger partial charge on any atom is -0.453 e. The smallest absolute Gasteiger partial charge is 0.185 e. The molecule has 3 aromatic rings. The average molecular weight is 284 g/mol. The van der Waals surface area contributed by atoms with Crippen molar-refractivity contribution < 1.29 is 13.6 Å². The lowest BCUT2D eigenvalue weighted by Crippen LogP contribution is -2.01. The molecular formula is C16H13FN2O2. The van der Waals surface area contributed by atoms with Gasteiger partial charge >= 0.3 is 0 Å². The maximum Gasteiger partial charge on any atom is 0.185 e. The van der Waals surface area contributed by atoms with E-state index in [-0.39, 0.29) is 11.6 Å². The summed E-state index contributed by atoms with van der Waals surface area (Å²) in [6, 6.07) is 8.02. The summed E-state index contributed by atoms with van der Waals surface area (Å²) >= 11 is 0. The fourth-order valence-electron chi connectivity index (χ4n) is 2.24. The zero-order chi connectivity index (χ0) is 14.8. The van der Waals surface area contributed by atoms with Crippen LogP contribution in [0.25, 0.3) is 17.0 Å². The van der Waals surface area contributed by atoms with Crippen LogP contribution in [0, 0.1) is 5.82 Å². The third-order valence-electron chi connectivity index (χ3n) is 3.27. The summed E-state index contributed by atoms with van der Waals surface area (Å²) < 4.78 is 21.4. The zero-order valence-electron chi connectivity index (χ0n) is 11.4. The van der Waals surface area contributed by atoms with Gasteiger partial charge in [-0.25, -0.2) is 9.37 Å². The molecule has 0 atom stereocenters. The number of benzene rings is 1. The van der Waals surface area contributed by atoms with Gasteiger partial charge in [-0.3, -0.25) is 4.79 Å². The molecule has 1 aromatic carbocycles. The van der Waals surface area contributed by atoms with Gasteiger partial charge in [0.1, 0.15) is 17.4 Å². The number of halogens is 1. The van der Waals surface area contributed by atoms with Crippen LogP contribution < -0.4 is 0 Å². The number of carbonyl (C=O) groups excluding carboxylic acids is 1. The van der Waals surface area contributed by atoms with E-state index in [1.165, 1.54) is 6.07 Å². The summed E-state index contributed by atoms with van der Waals surface area (Å²) in [6.45, 7) is 1.97. The molecule has 0 saturated heterocycles. The second-order valence-corrected chi connectivity index (χ2v) is 4.55. The molecule has 0 unspecified atom stereocenters. The van der Waals surface area contributed by atoms with Crippen LogP contribution in [0.5, 0.6) is 0 Å². The van der Waals surface area contributed by atoms with Crippen molar-refractivity contribution in [1.82, 2.24) is 9.55 Å². The van der Waals surface area contributed by atoms with Crippen molar-refractivity contribution in [3.63, 3.8) is 0 Å². The highest BCUT2D eigenvalue weighted by Crippen LogP contribution is 2.25. The Morgan fingerprint density at radius 2 is 2.19 bits per heavy atom. The van der Waals surface area contributed by atoms with Gasteiger partial charge in [0.05, 0.1) is 5.69 Å². The van der Waals surface area contributed by atoms with Crippen molar-refractivity contribution in [2.75, 3.05) is 0 Å². The van der Waals surface area contributed by atoms with Crippen molar-refractivity contribution in [2.45, 2.75) is 13.3 Å². The normalized spacial score (nSPS) is 10.8. The van der Waals surface area contributed by atoms with Crippen LogP contribution in [0.3, 0.4) is 0 Å². The maximum atomic E-state index is 14.3. The number of carbonyl (C=O) groups is 1. The Hall–Kier alpha value is -2.69. The quantitative estimate of drug-likeness (QED) is 0.687. The first-order valence-electron chi connectivity index (χ1n) is 6.60. The topological polar surface area (TPSA) is 48.0 Å². The predicted octanol–water partition coefficient (Wildman–Crippen LogP) is 3.65. The van der Waals surface area contributed by atoms with Crippen molar-refractivity contribution in [3.05, 3.63) is 60.1 Å². The molecule has 0 aliphatic heterocycles. The van der Waals surface area contributed by atoms with E-state index in [1.807, 2.05) is 6.92 Å². The first kappa shape index (κ1) is 13.3. The Balaban J connectivity index is 2.02. The third kappa shape index (κ3) is 2.38. The van der Waals surface area contributed by atoms with Crippen molar-refractivity contribution >= 4 is 6.29 Å². The molecule has 0 fully saturated rings. The van der Waals surface area contributed by atoms with Crippen LogP contribution in [0.1, 0.15) is 23.3 Å². The highest BCUT2D eigenvalue weighted by atomic mass is 19.1. The Morgan fingerprint density at radius 3 is 2.86 bits per heavy atom. The molecule has 3 rings (SSSR count). The maximum absolute atomic E-state index is 14.3. The molecule has 0 spiro atoms. The third-order valence-corrected chi connectivity index (χ3v) is 3.27. The monoisotopic (exact) mass is 284 g/mol. The Morgan fingerprint density at radius 1 is 1.33 bits per heavy atom. The minimum atomic E-state index is -0.371. The average Bonchev–Trinajstić information content (AvgIpc) is 3.15. The molecule has 5 heteroatoms. The summed E-state index contributed by atoms with van der Waals surface area (Å²) in [6.07, 6.45) is 4.71. The Labute approximate surface area is 120 Å². The van der Waals surface area contributed by atoms with Crippen LogP contribution in [0.15, 0.2) is 47.1 Å². The Bertz CT molecular complexity index is 789. The van der Waals surface area contributed by atoms with E-state index in [0.717, 1.165) is 12.2 Å². The van der Waals surface area contributed by atoms with Crippen molar-refractivity contribution in [3.8, 4) is 17.0 Å².